The number of nitrogens with two attached hydrogens (primary N) is 1. The molecule has 2 rings (SSSR count). The van der Waals surface area contributed by atoms with Gasteiger partial charge in [0.2, 0.25) is 0 Å². The Morgan fingerprint density at radius 2 is 2.22 bits per heavy atom. The van der Waals surface area contributed by atoms with E-state index in [0.717, 1.165) is 42.8 Å². The molecule has 1 fully saturated rings. The van der Waals surface area contributed by atoms with Crippen molar-refractivity contribution in [2.24, 2.45) is 11.8 Å². The van der Waals surface area contributed by atoms with Gasteiger partial charge >= 0.3 is 0 Å². The molecule has 1 saturated heterocycles. The predicted molar refractivity (Wildman–Crippen MR) is 74.4 cm³/mol. The Morgan fingerprint density at radius 3 is 2.83 bits per heavy atom. The van der Waals surface area contributed by atoms with Gasteiger partial charge in [0.25, 0.3) is 0 Å². The van der Waals surface area contributed by atoms with Gasteiger partial charge in [-0.2, -0.15) is 0 Å². The summed E-state index contributed by atoms with van der Waals surface area (Å²) >= 11 is 3.49. The molecule has 0 atom stereocenters. The number of hydrazine groups is 1. The van der Waals surface area contributed by atoms with E-state index < -0.39 is 0 Å². The molecule has 1 aliphatic heterocycles. The monoisotopic (exact) mass is 315 g/mol. The summed E-state index contributed by atoms with van der Waals surface area (Å²) in [5.41, 5.74) is 2.56. The third-order valence-corrected chi connectivity index (χ3v) is 3.95. The number of halogens is 1. The number of nitrogens with zero attached hydrogens (tertiary/aromatic N) is 3. The number of aromatic nitrogens is 2. The van der Waals surface area contributed by atoms with Gasteiger partial charge in [0.1, 0.15) is 16.6 Å². The Kier molecular flexibility index (Phi) is 4.73. The maximum atomic E-state index is 5.41. The molecule has 0 aliphatic carbocycles. The lowest BCUT2D eigenvalue weighted by atomic mass is 9.98. The predicted octanol–water partition coefficient (Wildman–Crippen LogP) is 1.39. The molecule has 2 heterocycles. The van der Waals surface area contributed by atoms with Crippen LogP contribution < -0.4 is 16.2 Å². The molecule has 0 amide bonds. The van der Waals surface area contributed by atoms with Gasteiger partial charge in [-0.1, -0.05) is 0 Å². The molecule has 1 aliphatic rings. The molecule has 100 valence electrons. The molecule has 3 N–H and O–H groups in total. The normalized spacial score (nSPS) is 16.9. The summed E-state index contributed by atoms with van der Waals surface area (Å²) in [5, 5.41) is 0. The van der Waals surface area contributed by atoms with Gasteiger partial charge in [0, 0.05) is 26.8 Å². The van der Waals surface area contributed by atoms with E-state index >= 15 is 0 Å². The van der Waals surface area contributed by atoms with Crippen LogP contribution in [0.1, 0.15) is 12.8 Å². The number of hydrogen-bond acceptors (Lipinski definition) is 6. The van der Waals surface area contributed by atoms with Crippen LogP contribution in [0.4, 0.5) is 11.6 Å². The topological polar surface area (TPSA) is 76.3 Å². The van der Waals surface area contributed by atoms with Gasteiger partial charge in [0.15, 0.2) is 5.82 Å². The van der Waals surface area contributed by atoms with Crippen molar-refractivity contribution < 1.29 is 4.74 Å². The summed E-state index contributed by atoms with van der Waals surface area (Å²) in [6.45, 7) is 2.80. The van der Waals surface area contributed by atoms with Crippen LogP contribution in [-0.2, 0) is 4.74 Å². The van der Waals surface area contributed by atoms with E-state index in [4.69, 9.17) is 10.6 Å². The molecule has 18 heavy (non-hydrogen) atoms. The highest BCUT2D eigenvalue weighted by Gasteiger charge is 2.22. The Hall–Kier alpha value is -0.920. The van der Waals surface area contributed by atoms with Gasteiger partial charge < -0.3 is 15.1 Å². The highest BCUT2D eigenvalue weighted by Crippen LogP contribution is 2.31. The third kappa shape index (κ3) is 2.90. The standard InChI is InChI=1S/C11H18BrN5O/c1-18-6-8-2-4-17(5-3-8)11-9(12)10(16-13)14-7-15-11/h7-8H,2-6,13H2,1H3,(H,14,15,16). The van der Waals surface area contributed by atoms with Gasteiger partial charge in [0.05, 0.1) is 0 Å². The molecule has 0 saturated carbocycles. The molecule has 6 nitrogen and oxygen atoms in total. The minimum atomic E-state index is 0.610. The molecule has 0 spiro atoms. The van der Waals surface area contributed by atoms with Gasteiger partial charge in [-0.15, -0.1) is 0 Å². The Labute approximate surface area is 115 Å². The highest BCUT2D eigenvalue weighted by atomic mass is 79.9. The van der Waals surface area contributed by atoms with Crippen molar-refractivity contribution in [1.29, 1.82) is 0 Å². The van der Waals surface area contributed by atoms with Crippen molar-refractivity contribution in [3.8, 4) is 0 Å². The maximum Gasteiger partial charge on any atom is 0.159 e. The van der Waals surface area contributed by atoms with E-state index in [1.54, 1.807) is 7.11 Å². The quantitative estimate of drug-likeness (QED) is 0.646. The first kappa shape index (κ1) is 13.5. The number of nitrogens with one attached hydrogen (secondary N) is 1. The molecular formula is C11H18BrN5O. The van der Waals surface area contributed by atoms with Crippen LogP contribution in [0.2, 0.25) is 0 Å². The van der Waals surface area contributed by atoms with Crippen LogP contribution in [0.3, 0.4) is 0 Å². The van der Waals surface area contributed by atoms with E-state index in [1.165, 1.54) is 6.33 Å². The number of anilines is 2. The van der Waals surface area contributed by atoms with Crippen LogP contribution >= 0.6 is 15.9 Å². The summed E-state index contributed by atoms with van der Waals surface area (Å²) in [6, 6.07) is 0. The number of methoxy groups -OCH3 is 1. The van der Waals surface area contributed by atoms with Crippen molar-refractivity contribution in [1.82, 2.24) is 9.97 Å². The SMILES string of the molecule is COCC1CCN(c2ncnc(NN)c2Br)CC1. The number of nitrogen functional groups attached to an aromatic ring is 1. The van der Waals surface area contributed by atoms with Crippen LogP contribution in [0.15, 0.2) is 10.8 Å². The first-order chi connectivity index (χ1) is 8.76. The fourth-order valence-electron chi connectivity index (χ4n) is 2.23. The number of piperidine rings is 1. The molecule has 1 aromatic rings. The largest absolute Gasteiger partial charge is 0.384 e. The summed E-state index contributed by atoms with van der Waals surface area (Å²) in [7, 11) is 1.76. The van der Waals surface area contributed by atoms with Crippen LogP contribution in [0.25, 0.3) is 0 Å². The minimum absolute atomic E-state index is 0.610. The van der Waals surface area contributed by atoms with Crippen LogP contribution in [0, 0.1) is 5.92 Å². The molecule has 0 radical (unpaired) electrons. The summed E-state index contributed by atoms with van der Waals surface area (Å²) in [6.07, 6.45) is 3.77. The smallest absolute Gasteiger partial charge is 0.159 e. The summed E-state index contributed by atoms with van der Waals surface area (Å²) in [5.74, 6) is 7.56. The summed E-state index contributed by atoms with van der Waals surface area (Å²) in [4.78, 5) is 10.6. The third-order valence-electron chi connectivity index (χ3n) is 3.22. The van der Waals surface area contributed by atoms with E-state index in [9.17, 15) is 0 Å². The highest BCUT2D eigenvalue weighted by molar-refractivity contribution is 9.10. The first-order valence-electron chi connectivity index (χ1n) is 5.97. The lowest BCUT2D eigenvalue weighted by molar-refractivity contribution is 0.139. The Morgan fingerprint density at radius 1 is 1.50 bits per heavy atom. The van der Waals surface area contributed by atoms with E-state index in [1.807, 2.05) is 0 Å². The average molecular weight is 316 g/mol. The second-order valence-electron chi connectivity index (χ2n) is 4.39. The van der Waals surface area contributed by atoms with Gasteiger partial charge in [-0.3, -0.25) is 0 Å². The van der Waals surface area contributed by atoms with Crippen molar-refractivity contribution in [2.45, 2.75) is 12.8 Å². The zero-order valence-corrected chi connectivity index (χ0v) is 12.0. The van der Waals surface area contributed by atoms with E-state index in [-0.39, 0.29) is 0 Å². The number of ether oxygens (including phenoxy) is 1. The Bertz CT molecular complexity index is 395. The fourth-order valence-corrected chi connectivity index (χ4v) is 2.80. The maximum absolute atomic E-state index is 5.41. The average Bonchev–Trinajstić information content (AvgIpc) is 2.41. The zero-order chi connectivity index (χ0) is 13.0. The number of hydrogen-bond donors (Lipinski definition) is 2. The molecule has 7 heteroatoms. The lowest BCUT2D eigenvalue weighted by Gasteiger charge is -2.33. The zero-order valence-electron chi connectivity index (χ0n) is 10.4. The van der Waals surface area contributed by atoms with Gasteiger partial charge in [-0.25, -0.2) is 15.8 Å². The van der Waals surface area contributed by atoms with Crippen molar-refractivity contribution in [2.75, 3.05) is 37.1 Å². The van der Waals surface area contributed by atoms with Crippen LogP contribution in [0.5, 0.6) is 0 Å². The van der Waals surface area contributed by atoms with E-state index in [0.29, 0.717) is 11.7 Å². The Balaban J connectivity index is 2.05. The van der Waals surface area contributed by atoms with Crippen molar-refractivity contribution >= 4 is 27.6 Å². The molecule has 1 aromatic heterocycles. The van der Waals surface area contributed by atoms with Crippen molar-refractivity contribution in [3.05, 3.63) is 10.8 Å². The molecule has 0 aromatic carbocycles. The molecule has 0 bridgehead atoms. The second-order valence-corrected chi connectivity index (χ2v) is 5.18. The first-order valence-corrected chi connectivity index (χ1v) is 6.76. The van der Waals surface area contributed by atoms with Crippen molar-refractivity contribution in [3.63, 3.8) is 0 Å². The fraction of sp³-hybridized carbons (Fsp3) is 0.636. The molecular weight excluding hydrogens is 298 g/mol. The minimum Gasteiger partial charge on any atom is -0.384 e. The second kappa shape index (κ2) is 6.31. The van der Waals surface area contributed by atoms with Crippen LogP contribution in [-0.4, -0.2) is 36.8 Å². The van der Waals surface area contributed by atoms with E-state index in [2.05, 4.69) is 36.2 Å². The lowest BCUT2D eigenvalue weighted by Crippen LogP contribution is -2.36. The summed E-state index contributed by atoms with van der Waals surface area (Å²) < 4.78 is 6.02. The van der Waals surface area contributed by atoms with Gasteiger partial charge in [-0.05, 0) is 34.7 Å². The number of rotatable bonds is 4. The molecule has 0 unspecified atom stereocenters.